The molecule has 0 saturated heterocycles. The highest BCUT2D eigenvalue weighted by atomic mass is 16.5. The number of nitrogens with one attached hydrogen (secondary N) is 1. The number of nitrogens with zero attached hydrogens (tertiary/aromatic N) is 3. The molecule has 1 heterocycles. The Morgan fingerprint density at radius 3 is 2.84 bits per heavy atom. The first-order chi connectivity index (χ1) is 11.9. The molecule has 1 aromatic carbocycles. The fraction of sp³-hybridized carbons (Fsp3) is 0.294. The maximum absolute atomic E-state index is 12.4. The fourth-order valence-electron chi connectivity index (χ4n) is 2.21. The molecule has 25 heavy (non-hydrogen) atoms. The number of benzene rings is 1. The second-order valence-electron chi connectivity index (χ2n) is 5.46. The van der Waals surface area contributed by atoms with Gasteiger partial charge in [0.05, 0.1) is 24.6 Å². The van der Waals surface area contributed by atoms with Crippen molar-refractivity contribution in [2.45, 2.75) is 19.9 Å². The van der Waals surface area contributed by atoms with Crippen LogP contribution in [-0.4, -0.2) is 51.2 Å². The highest BCUT2D eigenvalue weighted by Crippen LogP contribution is 2.13. The lowest BCUT2D eigenvalue weighted by Crippen LogP contribution is -2.44. The molecular weight excluding hydrogens is 324 g/mol. The molecular formula is C17H20N4O4. The van der Waals surface area contributed by atoms with Gasteiger partial charge in [0.15, 0.2) is 11.7 Å². The SMILES string of the molecule is C=CCOCC(NC(=O)c1nnn(-c2cccc(C)c2)c1C)C(=O)O. The minimum Gasteiger partial charge on any atom is -0.480 e. The molecule has 2 aromatic rings. The number of hydrogen-bond donors (Lipinski definition) is 2. The summed E-state index contributed by atoms with van der Waals surface area (Å²) < 4.78 is 6.64. The average molecular weight is 344 g/mol. The molecule has 1 aromatic heterocycles. The zero-order valence-electron chi connectivity index (χ0n) is 14.1. The molecule has 0 aliphatic rings. The van der Waals surface area contributed by atoms with Crippen molar-refractivity contribution in [3.8, 4) is 5.69 Å². The summed E-state index contributed by atoms with van der Waals surface area (Å²) in [6.07, 6.45) is 1.50. The number of aryl methyl sites for hydroxylation is 1. The lowest BCUT2D eigenvalue weighted by Gasteiger charge is -2.13. The van der Waals surface area contributed by atoms with Gasteiger partial charge in [-0.1, -0.05) is 23.4 Å². The minimum atomic E-state index is -1.19. The van der Waals surface area contributed by atoms with Crippen LogP contribution in [0.5, 0.6) is 0 Å². The van der Waals surface area contributed by atoms with E-state index in [0.717, 1.165) is 11.3 Å². The van der Waals surface area contributed by atoms with Crippen LogP contribution in [0.2, 0.25) is 0 Å². The van der Waals surface area contributed by atoms with Crippen LogP contribution in [0, 0.1) is 13.8 Å². The lowest BCUT2D eigenvalue weighted by atomic mass is 10.2. The molecule has 0 radical (unpaired) electrons. The van der Waals surface area contributed by atoms with E-state index in [-0.39, 0.29) is 18.9 Å². The number of hydrogen-bond acceptors (Lipinski definition) is 5. The molecule has 0 saturated carbocycles. The molecule has 2 N–H and O–H groups in total. The standard InChI is InChI=1S/C17H20N4O4/c1-4-8-25-10-14(17(23)24)18-16(22)15-12(3)21(20-19-15)13-7-5-6-11(2)9-13/h4-7,9,14H,1,8,10H2,2-3H3,(H,18,22)(H,23,24). The summed E-state index contributed by atoms with van der Waals surface area (Å²) in [7, 11) is 0. The molecule has 1 unspecified atom stereocenters. The van der Waals surface area contributed by atoms with Crippen LogP contribution >= 0.6 is 0 Å². The molecule has 0 aliphatic heterocycles. The third-order valence-electron chi connectivity index (χ3n) is 3.48. The summed E-state index contributed by atoms with van der Waals surface area (Å²) in [4.78, 5) is 23.6. The minimum absolute atomic E-state index is 0.0662. The van der Waals surface area contributed by atoms with Crippen molar-refractivity contribution >= 4 is 11.9 Å². The lowest BCUT2D eigenvalue weighted by molar-refractivity contribution is -0.140. The van der Waals surface area contributed by atoms with Gasteiger partial charge >= 0.3 is 5.97 Å². The van der Waals surface area contributed by atoms with Crippen LogP contribution in [0.4, 0.5) is 0 Å². The predicted octanol–water partition coefficient (Wildman–Crippen LogP) is 1.27. The van der Waals surface area contributed by atoms with Gasteiger partial charge in [0.2, 0.25) is 0 Å². The molecule has 0 spiro atoms. The van der Waals surface area contributed by atoms with Gasteiger partial charge in [-0.15, -0.1) is 11.7 Å². The van der Waals surface area contributed by atoms with Crippen molar-refractivity contribution < 1.29 is 19.4 Å². The summed E-state index contributed by atoms with van der Waals surface area (Å²) >= 11 is 0. The van der Waals surface area contributed by atoms with Crippen molar-refractivity contribution in [1.82, 2.24) is 20.3 Å². The van der Waals surface area contributed by atoms with Crippen LogP contribution < -0.4 is 5.32 Å². The van der Waals surface area contributed by atoms with Gasteiger partial charge in [-0.25, -0.2) is 9.48 Å². The van der Waals surface area contributed by atoms with E-state index in [2.05, 4.69) is 22.2 Å². The maximum atomic E-state index is 12.4. The van der Waals surface area contributed by atoms with Crippen molar-refractivity contribution in [3.63, 3.8) is 0 Å². The number of amides is 1. The topological polar surface area (TPSA) is 106 Å². The predicted molar refractivity (Wildman–Crippen MR) is 90.7 cm³/mol. The molecule has 0 aliphatic carbocycles. The van der Waals surface area contributed by atoms with Gasteiger partial charge in [-0.05, 0) is 31.5 Å². The zero-order chi connectivity index (χ0) is 18.4. The first-order valence-corrected chi connectivity index (χ1v) is 7.65. The average Bonchev–Trinajstić information content (AvgIpc) is 2.95. The summed E-state index contributed by atoms with van der Waals surface area (Å²) in [5.74, 6) is -1.81. The van der Waals surface area contributed by atoms with Crippen molar-refractivity contribution in [2.24, 2.45) is 0 Å². The van der Waals surface area contributed by atoms with Crippen LogP contribution in [0.25, 0.3) is 5.69 Å². The molecule has 1 atom stereocenters. The number of carboxylic acid groups (broad SMARTS) is 1. The maximum Gasteiger partial charge on any atom is 0.328 e. The van der Waals surface area contributed by atoms with Gasteiger partial charge in [-0.3, -0.25) is 4.79 Å². The van der Waals surface area contributed by atoms with Gasteiger partial charge in [0.25, 0.3) is 5.91 Å². The van der Waals surface area contributed by atoms with E-state index in [1.54, 1.807) is 6.92 Å². The number of carbonyl (C=O) groups excluding carboxylic acids is 1. The van der Waals surface area contributed by atoms with Crippen molar-refractivity contribution in [2.75, 3.05) is 13.2 Å². The van der Waals surface area contributed by atoms with E-state index in [1.807, 2.05) is 31.2 Å². The van der Waals surface area contributed by atoms with Crippen LogP contribution in [0.3, 0.4) is 0 Å². The second-order valence-corrected chi connectivity index (χ2v) is 5.46. The fourth-order valence-corrected chi connectivity index (χ4v) is 2.21. The Kier molecular flexibility index (Phi) is 6.02. The normalized spacial score (nSPS) is 11.8. The van der Waals surface area contributed by atoms with Gasteiger partial charge in [-0.2, -0.15) is 0 Å². The highest BCUT2D eigenvalue weighted by Gasteiger charge is 2.24. The van der Waals surface area contributed by atoms with Gasteiger partial charge in [0, 0.05) is 0 Å². The Morgan fingerprint density at radius 2 is 2.20 bits per heavy atom. The Balaban J connectivity index is 2.16. The van der Waals surface area contributed by atoms with E-state index in [1.165, 1.54) is 10.8 Å². The molecule has 132 valence electrons. The Bertz CT molecular complexity index is 785. The molecule has 1 amide bonds. The first kappa shape index (κ1) is 18.3. The van der Waals surface area contributed by atoms with Gasteiger partial charge in [0.1, 0.15) is 0 Å². The van der Waals surface area contributed by atoms with E-state index >= 15 is 0 Å². The van der Waals surface area contributed by atoms with E-state index in [9.17, 15) is 14.7 Å². The Labute approximate surface area is 145 Å². The number of aromatic nitrogens is 3. The van der Waals surface area contributed by atoms with Crippen LogP contribution in [0.1, 0.15) is 21.7 Å². The largest absolute Gasteiger partial charge is 0.480 e. The van der Waals surface area contributed by atoms with Crippen molar-refractivity contribution in [3.05, 3.63) is 53.9 Å². The molecule has 8 heteroatoms. The number of carbonyl (C=O) groups is 2. The number of aliphatic carboxylic acids is 1. The Hall–Kier alpha value is -3.00. The van der Waals surface area contributed by atoms with Gasteiger partial charge < -0.3 is 15.2 Å². The van der Waals surface area contributed by atoms with E-state index < -0.39 is 17.9 Å². The summed E-state index contributed by atoms with van der Waals surface area (Å²) in [5.41, 5.74) is 2.40. The molecule has 0 fully saturated rings. The van der Waals surface area contributed by atoms with E-state index in [0.29, 0.717) is 5.69 Å². The number of rotatable bonds is 8. The molecule has 8 nitrogen and oxygen atoms in total. The molecule has 0 bridgehead atoms. The monoisotopic (exact) mass is 344 g/mol. The highest BCUT2D eigenvalue weighted by molar-refractivity contribution is 5.95. The zero-order valence-corrected chi connectivity index (χ0v) is 14.1. The van der Waals surface area contributed by atoms with E-state index in [4.69, 9.17) is 4.74 Å². The quantitative estimate of drug-likeness (QED) is 0.552. The Morgan fingerprint density at radius 1 is 1.44 bits per heavy atom. The number of carboxylic acids is 1. The molecule has 2 rings (SSSR count). The summed E-state index contributed by atoms with van der Waals surface area (Å²) in [6, 6.07) is 6.40. The third-order valence-corrected chi connectivity index (χ3v) is 3.48. The second kappa shape index (κ2) is 8.20. The number of ether oxygens (including phenoxy) is 1. The third kappa shape index (κ3) is 4.51. The van der Waals surface area contributed by atoms with Crippen molar-refractivity contribution in [1.29, 1.82) is 0 Å². The van der Waals surface area contributed by atoms with Crippen LogP contribution in [-0.2, 0) is 9.53 Å². The summed E-state index contributed by atoms with van der Waals surface area (Å²) in [5, 5.41) is 19.5. The van der Waals surface area contributed by atoms with Crippen LogP contribution in [0.15, 0.2) is 36.9 Å². The summed E-state index contributed by atoms with van der Waals surface area (Å²) in [6.45, 7) is 7.15. The smallest absolute Gasteiger partial charge is 0.328 e. The first-order valence-electron chi connectivity index (χ1n) is 7.65.